The summed E-state index contributed by atoms with van der Waals surface area (Å²) in [6.45, 7) is 6.96. The largest absolute Gasteiger partial charge is 0.351 e. The Morgan fingerprint density at radius 3 is 2.44 bits per heavy atom. The van der Waals surface area contributed by atoms with Crippen LogP contribution in [0.2, 0.25) is 0 Å². The summed E-state index contributed by atoms with van der Waals surface area (Å²) in [5.74, 6) is 0.625. The number of benzene rings is 1. The van der Waals surface area contributed by atoms with Crippen LogP contribution < -0.4 is 5.32 Å². The van der Waals surface area contributed by atoms with E-state index >= 15 is 0 Å². The lowest BCUT2D eigenvalue weighted by Gasteiger charge is -2.16. The second-order valence-corrected chi connectivity index (χ2v) is 6.47. The Morgan fingerprint density at radius 1 is 1.25 bits per heavy atom. The van der Waals surface area contributed by atoms with Crippen molar-refractivity contribution in [3.63, 3.8) is 0 Å². The van der Waals surface area contributed by atoms with Gasteiger partial charge in [-0.2, -0.15) is 0 Å². The third-order valence-corrected chi connectivity index (χ3v) is 3.24. The van der Waals surface area contributed by atoms with Crippen LogP contribution in [0.1, 0.15) is 26.3 Å². The summed E-state index contributed by atoms with van der Waals surface area (Å²) in [4.78, 5) is 11.5. The van der Waals surface area contributed by atoms with Crippen LogP contribution in [0.5, 0.6) is 0 Å². The molecule has 1 N–H and O–H groups in total. The highest BCUT2D eigenvalue weighted by molar-refractivity contribution is 8.01. The minimum Gasteiger partial charge on any atom is -0.351 e. The van der Waals surface area contributed by atoms with E-state index in [1.807, 2.05) is 30.3 Å². The quantitative estimate of drug-likeness (QED) is 0.872. The monoisotopic (exact) mass is 237 g/mol. The van der Waals surface area contributed by atoms with Gasteiger partial charge >= 0.3 is 0 Å². The van der Waals surface area contributed by atoms with Gasteiger partial charge < -0.3 is 5.32 Å². The number of hydrogen-bond donors (Lipinski definition) is 1. The predicted octanol–water partition coefficient (Wildman–Crippen LogP) is 2.83. The van der Waals surface area contributed by atoms with Gasteiger partial charge in [-0.15, -0.1) is 11.8 Å². The first kappa shape index (κ1) is 13.1. The van der Waals surface area contributed by atoms with Crippen LogP contribution in [-0.2, 0) is 11.3 Å². The van der Waals surface area contributed by atoms with Crippen molar-refractivity contribution in [2.24, 2.45) is 0 Å². The first-order valence-corrected chi connectivity index (χ1v) is 6.40. The lowest BCUT2D eigenvalue weighted by molar-refractivity contribution is -0.118. The van der Waals surface area contributed by atoms with Gasteiger partial charge in [0.2, 0.25) is 5.91 Å². The summed E-state index contributed by atoms with van der Waals surface area (Å²) >= 11 is 1.66. The third kappa shape index (κ3) is 5.81. The van der Waals surface area contributed by atoms with E-state index in [0.717, 1.165) is 5.56 Å². The summed E-state index contributed by atoms with van der Waals surface area (Å²) in [5.41, 5.74) is 1.14. The van der Waals surface area contributed by atoms with E-state index in [0.29, 0.717) is 12.3 Å². The molecule has 0 aromatic heterocycles. The Kier molecular flexibility index (Phi) is 4.87. The number of nitrogens with one attached hydrogen (secondary N) is 1. The summed E-state index contributed by atoms with van der Waals surface area (Å²) in [5, 5.41) is 2.91. The second kappa shape index (κ2) is 5.94. The number of rotatable bonds is 4. The Labute approximate surface area is 102 Å². The lowest BCUT2D eigenvalue weighted by Crippen LogP contribution is -2.26. The highest BCUT2D eigenvalue weighted by Crippen LogP contribution is 2.22. The maximum atomic E-state index is 11.5. The molecule has 0 bridgehead atoms. The number of thioether (sulfide) groups is 1. The molecule has 0 fully saturated rings. The molecule has 0 spiro atoms. The van der Waals surface area contributed by atoms with E-state index in [2.05, 4.69) is 26.1 Å². The molecule has 16 heavy (non-hydrogen) atoms. The van der Waals surface area contributed by atoms with Crippen LogP contribution in [0.25, 0.3) is 0 Å². The fraction of sp³-hybridized carbons (Fsp3) is 0.462. The molecule has 0 saturated carbocycles. The lowest BCUT2D eigenvalue weighted by atomic mass is 10.2. The molecule has 3 heteroatoms. The first-order chi connectivity index (χ1) is 7.47. The molecule has 0 unspecified atom stereocenters. The van der Waals surface area contributed by atoms with Gasteiger partial charge in [0.1, 0.15) is 0 Å². The maximum Gasteiger partial charge on any atom is 0.230 e. The van der Waals surface area contributed by atoms with Crippen molar-refractivity contribution < 1.29 is 4.79 Å². The molecule has 1 rings (SSSR count). The number of amides is 1. The number of carbonyl (C=O) groups excluding carboxylic acids is 1. The topological polar surface area (TPSA) is 29.1 Å². The zero-order chi connectivity index (χ0) is 12.0. The van der Waals surface area contributed by atoms with Gasteiger partial charge in [-0.05, 0) is 5.56 Å². The third-order valence-electron chi connectivity index (χ3n) is 1.97. The van der Waals surface area contributed by atoms with Crippen LogP contribution >= 0.6 is 11.8 Å². The number of hydrogen-bond acceptors (Lipinski definition) is 2. The van der Waals surface area contributed by atoms with Crippen molar-refractivity contribution in [3.05, 3.63) is 35.9 Å². The van der Waals surface area contributed by atoms with E-state index in [1.54, 1.807) is 11.8 Å². The van der Waals surface area contributed by atoms with Crippen LogP contribution in [0, 0.1) is 0 Å². The molecule has 2 nitrogen and oxygen atoms in total. The van der Waals surface area contributed by atoms with Crippen molar-refractivity contribution in [3.8, 4) is 0 Å². The summed E-state index contributed by atoms with van der Waals surface area (Å²) in [6, 6.07) is 9.95. The smallest absolute Gasteiger partial charge is 0.230 e. The van der Waals surface area contributed by atoms with Gasteiger partial charge in [0.25, 0.3) is 0 Å². The van der Waals surface area contributed by atoms with Crippen molar-refractivity contribution in [1.29, 1.82) is 0 Å². The van der Waals surface area contributed by atoms with E-state index in [4.69, 9.17) is 0 Å². The van der Waals surface area contributed by atoms with E-state index in [-0.39, 0.29) is 10.7 Å². The predicted molar refractivity (Wildman–Crippen MR) is 70.5 cm³/mol. The van der Waals surface area contributed by atoms with Crippen molar-refractivity contribution in [2.75, 3.05) is 5.75 Å². The molecular weight excluding hydrogens is 218 g/mol. The summed E-state index contributed by atoms with van der Waals surface area (Å²) in [6.07, 6.45) is 0. The van der Waals surface area contributed by atoms with E-state index < -0.39 is 0 Å². The Bertz CT molecular complexity index is 330. The first-order valence-electron chi connectivity index (χ1n) is 5.42. The Hall–Kier alpha value is -0.960. The molecular formula is C13H19NOS. The van der Waals surface area contributed by atoms with Crippen molar-refractivity contribution in [2.45, 2.75) is 32.1 Å². The maximum absolute atomic E-state index is 11.5. The van der Waals surface area contributed by atoms with Gasteiger partial charge in [0.05, 0.1) is 5.75 Å². The molecule has 0 saturated heterocycles. The molecule has 1 aromatic rings. The minimum absolute atomic E-state index is 0.101. The number of carbonyl (C=O) groups is 1. The van der Waals surface area contributed by atoms with Gasteiger partial charge in [0.15, 0.2) is 0 Å². The normalized spacial score (nSPS) is 11.2. The summed E-state index contributed by atoms with van der Waals surface area (Å²) < 4.78 is 0.143. The Balaban J connectivity index is 2.26. The van der Waals surface area contributed by atoms with Crippen LogP contribution in [-0.4, -0.2) is 16.4 Å². The average molecular weight is 237 g/mol. The highest BCUT2D eigenvalue weighted by Gasteiger charge is 2.12. The molecule has 0 atom stereocenters. The van der Waals surface area contributed by atoms with E-state index in [1.165, 1.54) is 0 Å². The molecule has 1 aromatic carbocycles. The highest BCUT2D eigenvalue weighted by atomic mass is 32.2. The summed E-state index contributed by atoms with van der Waals surface area (Å²) in [7, 11) is 0. The van der Waals surface area contributed by atoms with Gasteiger partial charge in [-0.3, -0.25) is 4.79 Å². The van der Waals surface area contributed by atoms with Crippen molar-refractivity contribution >= 4 is 17.7 Å². The Morgan fingerprint density at radius 2 is 1.88 bits per heavy atom. The zero-order valence-corrected chi connectivity index (χ0v) is 10.9. The average Bonchev–Trinajstić information content (AvgIpc) is 2.24. The molecule has 0 heterocycles. The molecule has 88 valence electrons. The molecule has 0 aliphatic carbocycles. The van der Waals surface area contributed by atoms with Crippen LogP contribution in [0.4, 0.5) is 0 Å². The van der Waals surface area contributed by atoms with Gasteiger partial charge in [-0.25, -0.2) is 0 Å². The second-order valence-electron chi connectivity index (χ2n) is 4.66. The minimum atomic E-state index is 0.101. The van der Waals surface area contributed by atoms with Gasteiger partial charge in [0, 0.05) is 11.3 Å². The fourth-order valence-corrected chi connectivity index (χ4v) is 1.80. The van der Waals surface area contributed by atoms with Crippen LogP contribution in [0.15, 0.2) is 30.3 Å². The SMILES string of the molecule is CC(C)(C)SCC(=O)NCc1ccccc1. The van der Waals surface area contributed by atoms with E-state index in [9.17, 15) is 4.79 Å². The molecule has 0 aliphatic rings. The standard InChI is InChI=1S/C13H19NOS/c1-13(2,3)16-10-12(15)14-9-11-7-5-4-6-8-11/h4-8H,9-10H2,1-3H3,(H,14,15). The van der Waals surface area contributed by atoms with Crippen LogP contribution in [0.3, 0.4) is 0 Å². The fourth-order valence-electron chi connectivity index (χ4n) is 1.13. The molecule has 1 amide bonds. The van der Waals surface area contributed by atoms with Crippen molar-refractivity contribution in [1.82, 2.24) is 5.32 Å². The van der Waals surface area contributed by atoms with Gasteiger partial charge in [-0.1, -0.05) is 51.1 Å². The molecule has 0 radical (unpaired) electrons. The molecule has 0 aliphatic heterocycles. The zero-order valence-electron chi connectivity index (χ0n) is 10.1.